The fraction of sp³-hybridized carbons (Fsp3) is 0.423. The second-order valence-electron chi connectivity index (χ2n) is 9.00. The molecule has 0 saturated carbocycles. The van der Waals surface area contributed by atoms with Crippen molar-refractivity contribution in [3.8, 4) is 11.1 Å². The molecule has 0 bridgehead atoms. The number of carboxylic acid groups (broad SMARTS) is 1. The minimum absolute atomic E-state index is 0.00323. The summed E-state index contributed by atoms with van der Waals surface area (Å²) < 4.78 is 5.54. The number of nitrogens with zero attached hydrogens (tertiary/aromatic N) is 1. The molecule has 2 N–H and O–H groups in total. The maximum Gasteiger partial charge on any atom is 0.407 e. The van der Waals surface area contributed by atoms with Crippen LogP contribution in [0.15, 0.2) is 48.5 Å². The van der Waals surface area contributed by atoms with E-state index in [9.17, 15) is 14.4 Å². The summed E-state index contributed by atoms with van der Waals surface area (Å²) in [7, 11) is 0. The minimum Gasteiger partial charge on any atom is -0.481 e. The van der Waals surface area contributed by atoms with Crippen LogP contribution in [0.2, 0.25) is 0 Å². The largest absolute Gasteiger partial charge is 0.481 e. The first-order valence-corrected chi connectivity index (χ1v) is 11.5. The summed E-state index contributed by atoms with van der Waals surface area (Å²) in [5, 5.41) is 11.8. The Bertz CT molecular complexity index is 991. The van der Waals surface area contributed by atoms with Crippen LogP contribution in [0.1, 0.15) is 49.7 Å². The van der Waals surface area contributed by atoms with Crippen LogP contribution in [0.4, 0.5) is 4.79 Å². The molecule has 2 amide bonds. The van der Waals surface area contributed by atoms with Crippen LogP contribution < -0.4 is 5.32 Å². The topological polar surface area (TPSA) is 95.9 Å². The van der Waals surface area contributed by atoms with Gasteiger partial charge in [-0.15, -0.1) is 0 Å². The van der Waals surface area contributed by atoms with Crippen molar-refractivity contribution in [3.05, 3.63) is 59.7 Å². The highest BCUT2D eigenvalue weighted by molar-refractivity contribution is 5.79. The van der Waals surface area contributed by atoms with Gasteiger partial charge in [0.25, 0.3) is 0 Å². The van der Waals surface area contributed by atoms with Gasteiger partial charge < -0.3 is 20.1 Å². The molecule has 2 aliphatic rings. The molecule has 7 heteroatoms. The number of likely N-dealkylation sites (tertiary alicyclic amines) is 1. The molecular formula is C26H30N2O5. The number of rotatable bonds is 8. The first kappa shape index (κ1) is 22.8. The third-order valence-electron chi connectivity index (χ3n) is 6.57. The maximum atomic E-state index is 12.6. The number of amides is 2. The Kier molecular flexibility index (Phi) is 6.96. The van der Waals surface area contributed by atoms with Crippen molar-refractivity contribution in [2.24, 2.45) is 5.92 Å². The lowest BCUT2D eigenvalue weighted by molar-refractivity contribution is -0.140. The molecule has 0 radical (unpaired) electrons. The lowest BCUT2D eigenvalue weighted by atomic mass is 9.98. The molecule has 2 aromatic carbocycles. The Balaban J connectivity index is 1.25. The Labute approximate surface area is 193 Å². The van der Waals surface area contributed by atoms with Gasteiger partial charge in [-0.2, -0.15) is 0 Å². The predicted octanol–water partition coefficient (Wildman–Crippen LogP) is 4.02. The van der Waals surface area contributed by atoms with Crippen LogP contribution >= 0.6 is 0 Å². The van der Waals surface area contributed by atoms with E-state index in [-0.39, 0.29) is 43.2 Å². The summed E-state index contributed by atoms with van der Waals surface area (Å²) in [4.78, 5) is 37.7. The first-order chi connectivity index (χ1) is 15.9. The molecule has 1 saturated heterocycles. The number of nitrogens with one attached hydrogen (secondary N) is 1. The van der Waals surface area contributed by atoms with E-state index in [4.69, 9.17) is 9.84 Å². The van der Waals surface area contributed by atoms with Gasteiger partial charge in [-0.3, -0.25) is 9.59 Å². The van der Waals surface area contributed by atoms with Gasteiger partial charge in [-0.25, -0.2) is 4.79 Å². The number of fused-ring (bicyclic) bond motifs is 3. The van der Waals surface area contributed by atoms with Crippen LogP contribution in [0.3, 0.4) is 0 Å². The van der Waals surface area contributed by atoms with Crippen molar-refractivity contribution in [2.45, 2.75) is 44.6 Å². The molecular weight excluding hydrogens is 420 g/mol. The fourth-order valence-corrected chi connectivity index (χ4v) is 4.97. The summed E-state index contributed by atoms with van der Waals surface area (Å²) in [6, 6.07) is 16.1. The molecule has 4 rings (SSSR count). The molecule has 0 aromatic heterocycles. The van der Waals surface area contributed by atoms with Crippen LogP contribution in [0.25, 0.3) is 11.1 Å². The normalized spacial score (nSPS) is 17.8. The smallest absolute Gasteiger partial charge is 0.407 e. The number of carboxylic acids is 1. The van der Waals surface area contributed by atoms with E-state index in [1.54, 1.807) is 4.90 Å². The Morgan fingerprint density at radius 3 is 2.36 bits per heavy atom. The number of carbonyl (C=O) groups is 3. The molecule has 7 nitrogen and oxygen atoms in total. The summed E-state index contributed by atoms with van der Waals surface area (Å²) in [6.07, 6.45) is 1.30. The molecule has 174 valence electrons. The number of aliphatic carboxylic acids is 1. The summed E-state index contributed by atoms with van der Waals surface area (Å²) in [6.45, 7) is 3.06. The van der Waals surface area contributed by atoms with Gasteiger partial charge in [0, 0.05) is 31.5 Å². The second kappa shape index (κ2) is 10.1. The van der Waals surface area contributed by atoms with Crippen molar-refractivity contribution in [2.75, 3.05) is 19.7 Å². The third-order valence-corrected chi connectivity index (χ3v) is 6.57. The molecule has 1 aliphatic heterocycles. The summed E-state index contributed by atoms with van der Waals surface area (Å²) in [5.74, 6) is -1.02. The van der Waals surface area contributed by atoms with E-state index < -0.39 is 12.1 Å². The molecule has 1 fully saturated rings. The van der Waals surface area contributed by atoms with Gasteiger partial charge in [-0.05, 0) is 41.0 Å². The molecule has 0 spiro atoms. The van der Waals surface area contributed by atoms with Gasteiger partial charge in [-0.1, -0.05) is 55.5 Å². The van der Waals surface area contributed by atoms with Gasteiger partial charge in [0.2, 0.25) is 5.91 Å². The Hall–Kier alpha value is -3.35. The van der Waals surface area contributed by atoms with E-state index in [0.717, 1.165) is 24.0 Å². The van der Waals surface area contributed by atoms with Crippen LogP contribution in [-0.4, -0.2) is 53.7 Å². The zero-order valence-electron chi connectivity index (χ0n) is 18.8. The van der Waals surface area contributed by atoms with Gasteiger partial charge in [0.05, 0.1) is 6.42 Å². The fourth-order valence-electron chi connectivity index (χ4n) is 4.97. The minimum atomic E-state index is -0.885. The van der Waals surface area contributed by atoms with Crippen molar-refractivity contribution >= 4 is 18.0 Å². The second-order valence-corrected chi connectivity index (χ2v) is 9.00. The Morgan fingerprint density at radius 1 is 1.09 bits per heavy atom. The van der Waals surface area contributed by atoms with Crippen LogP contribution in [0.5, 0.6) is 0 Å². The zero-order valence-corrected chi connectivity index (χ0v) is 18.8. The first-order valence-electron chi connectivity index (χ1n) is 11.5. The lowest BCUT2D eigenvalue weighted by Gasteiger charge is -2.25. The van der Waals surface area contributed by atoms with E-state index in [1.165, 1.54) is 11.1 Å². The molecule has 1 unspecified atom stereocenters. The molecule has 33 heavy (non-hydrogen) atoms. The van der Waals surface area contributed by atoms with Crippen molar-refractivity contribution < 1.29 is 24.2 Å². The van der Waals surface area contributed by atoms with Gasteiger partial charge in [0.1, 0.15) is 6.61 Å². The number of hydrogen-bond acceptors (Lipinski definition) is 4. The third kappa shape index (κ3) is 5.18. The standard InChI is InChI=1S/C26H30N2O5/c1-17(13-24(29)28-12-6-7-18(28)14-25(30)31)15-27-26(32)33-16-23-21-10-4-2-8-19(21)20-9-3-5-11-22(20)23/h2-5,8-11,17-18,23H,6-7,12-16H2,1H3,(H,27,32)(H,30,31)/t17?,18-/m0/s1. The quantitative estimate of drug-likeness (QED) is 0.633. The highest BCUT2D eigenvalue weighted by Gasteiger charge is 2.31. The van der Waals surface area contributed by atoms with Gasteiger partial charge in [0.15, 0.2) is 0 Å². The number of carbonyl (C=O) groups excluding carboxylic acids is 2. The lowest BCUT2D eigenvalue weighted by Crippen LogP contribution is -2.39. The maximum absolute atomic E-state index is 12.6. The van der Waals surface area contributed by atoms with E-state index in [1.807, 2.05) is 31.2 Å². The number of hydrogen-bond donors (Lipinski definition) is 2. The van der Waals surface area contributed by atoms with Gasteiger partial charge >= 0.3 is 12.1 Å². The Morgan fingerprint density at radius 2 is 1.73 bits per heavy atom. The van der Waals surface area contributed by atoms with E-state index >= 15 is 0 Å². The molecule has 1 heterocycles. The van der Waals surface area contributed by atoms with Crippen molar-refractivity contribution in [3.63, 3.8) is 0 Å². The highest BCUT2D eigenvalue weighted by Crippen LogP contribution is 2.44. The van der Waals surface area contributed by atoms with Crippen LogP contribution in [-0.2, 0) is 14.3 Å². The zero-order chi connectivity index (χ0) is 23.4. The molecule has 2 atom stereocenters. The number of alkyl carbamates (subject to hydrolysis) is 1. The monoisotopic (exact) mass is 450 g/mol. The highest BCUT2D eigenvalue weighted by atomic mass is 16.5. The molecule has 2 aromatic rings. The number of ether oxygens (including phenoxy) is 1. The summed E-state index contributed by atoms with van der Waals surface area (Å²) >= 11 is 0. The SMILES string of the molecule is CC(CNC(=O)OCC1c2ccccc2-c2ccccc21)CC(=O)N1CCC[C@H]1CC(=O)O. The average molecular weight is 451 g/mol. The van der Waals surface area contributed by atoms with Crippen molar-refractivity contribution in [1.29, 1.82) is 0 Å². The average Bonchev–Trinajstić information content (AvgIpc) is 3.38. The summed E-state index contributed by atoms with van der Waals surface area (Å²) in [5.41, 5.74) is 4.67. The van der Waals surface area contributed by atoms with Crippen molar-refractivity contribution in [1.82, 2.24) is 10.2 Å². The van der Waals surface area contributed by atoms with Crippen LogP contribution in [0, 0.1) is 5.92 Å². The number of benzene rings is 2. The molecule has 1 aliphatic carbocycles. The van der Waals surface area contributed by atoms with E-state index in [0.29, 0.717) is 13.1 Å². The predicted molar refractivity (Wildman–Crippen MR) is 124 cm³/mol. The van der Waals surface area contributed by atoms with E-state index in [2.05, 4.69) is 29.6 Å².